The molecule has 0 aliphatic heterocycles. The van der Waals surface area contributed by atoms with Crippen LogP contribution in [0.25, 0.3) is 16.6 Å². The van der Waals surface area contributed by atoms with Gasteiger partial charge < -0.3 is 15.5 Å². The lowest BCUT2D eigenvalue weighted by Crippen LogP contribution is -2.36. The molecule has 1 aliphatic carbocycles. The van der Waals surface area contributed by atoms with Crippen LogP contribution in [-0.2, 0) is 0 Å². The zero-order valence-corrected chi connectivity index (χ0v) is 22.6. The molecule has 2 N–H and O–H groups in total. The summed E-state index contributed by atoms with van der Waals surface area (Å²) in [6, 6.07) is 14.5. The predicted molar refractivity (Wildman–Crippen MR) is 153 cm³/mol. The third-order valence-electron chi connectivity index (χ3n) is 7.05. The first-order valence-electron chi connectivity index (χ1n) is 12.4. The molecule has 0 bridgehead atoms. The molecule has 0 amide bonds. The summed E-state index contributed by atoms with van der Waals surface area (Å²) in [5.74, 6) is 0.422. The quantitative estimate of drug-likeness (QED) is 0.296. The Hall–Kier alpha value is -3.13. The molecule has 0 saturated heterocycles. The summed E-state index contributed by atoms with van der Waals surface area (Å²) in [5.41, 5.74) is 3.52. The summed E-state index contributed by atoms with van der Waals surface area (Å²) in [4.78, 5) is 24.6. The average molecular weight is 537 g/mol. The van der Waals surface area contributed by atoms with E-state index in [1.807, 2.05) is 19.1 Å². The second kappa shape index (κ2) is 10.7. The summed E-state index contributed by atoms with van der Waals surface area (Å²) in [6.07, 6.45) is 8.05. The van der Waals surface area contributed by atoms with E-state index in [1.165, 1.54) is 30.3 Å². The van der Waals surface area contributed by atoms with Crippen LogP contribution in [0, 0.1) is 6.92 Å². The molecule has 1 fully saturated rings. The molecule has 2 heterocycles. The zero-order valence-electron chi connectivity index (χ0n) is 21.1. The molecule has 7 nitrogen and oxygen atoms in total. The van der Waals surface area contributed by atoms with Crippen LogP contribution in [0.15, 0.2) is 59.7 Å². The maximum Gasteiger partial charge on any atom is 0.266 e. The topological polar surface area (TPSA) is 75.1 Å². The Morgan fingerprint density at radius 2 is 1.62 bits per heavy atom. The first-order chi connectivity index (χ1) is 17.8. The molecule has 9 heteroatoms. The predicted octanol–water partition coefficient (Wildman–Crippen LogP) is 6.42. The van der Waals surface area contributed by atoms with Crippen molar-refractivity contribution in [1.29, 1.82) is 0 Å². The van der Waals surface area contributed by atoms with Gasteiger partial charge in [-0.2, -0.15) is 0 Å². The number of aryl methyl sites for hydroxylation is 1. The fraction of sp³-hybridized carbons (Fsp3) is 0.321. The molecule has 2 aromatic heterocycles. The minimum Gasteiger partial charge on any atom is -0.382 e. The Kier molecular flexibility index (Phi) is 7.38. The van der Waals surface area contributed by atoms with E-state index >= 15 is 0 Å². The highest BCUT2D eigenvalue weighted by molar-refractivity contribution is 6.37. The highest BCUT2D eigenvalue weighted by Gasteiger charge is 2.22. The van der Waals surface area contributed by atoms with Gasteiger partial charge >= 0.3 is 0 Å². The van der Waals surface area contributed by atoms with Crippen molar-refractivity contribution in [2.24, 2.45) is 0 Å². The monoisotopic (exact) mass is 536 g/mol. The Morgan fingerprint density at radius 3 is 2.27 bits per heavy atom. The summed E-state index contributed by atoms with van der Waals surface area (Å²) < 4.78 is 1.46. The molecule has 5 rings (SSSR count). The molecule has 0 radical (unpaired) electrons. The molecular weight excluding hydrogens is 507 g/mol. The van der Waals surface area contributed by atoms with Crippen molar-refractivity contribution in [1.82, 2.24) is 19.4 Å². The number of halogens is 2. The summed E-state index contributed by atoms with van der Waals surface area (Å²) in [5, 5.41) is 8.10. The van der Waals surface area contributed by atoms with Crippen molar-refractivity contribution < 1.29 is 0 Å². The van der Waals surface area contributed by atoms with E-state index in [2.05, 4.69) is 51.7 Å². The van der Waals surface area contributed by atoms with Gasteiger partial charge in [-0.1, -0.05) is 29.3 Å². The molecular formula is C28H30Cl2N6O. The Labute approximate surface area is 226 Å². The number of benzene rings is 2. The highest BCUT2D eigenvalue weighted by atomic mass is 35.5. The van der Waals surface area contributed by atoms with Gasteiger partial charge in [0.2, 0.25) is 5.95 Å². The molecule has 0 unspecified atom stereocenters. The second-order valence-corrected chi connectivity index (χ2v) is 10.6. The largest absolute Gasteiger partial charge is 0.382 e. The van der Waals surface area contributed by atoms with Crippen LogP contribution in [-0.4, -0.2) is 45.6 Å². The van der Waals surface area contributed by atoms with Crippen molar-refractivity contribution in [2.45, 2.75) is 44.7 Å². The lowest BCUT2D eigenvalue weighted by molar-refractivity contribution is 0.221. The van der Waals surface area contributed by atoms with E-state index in [4.69, 9.17) is 23.2 Å². The fourth-order valence-corrected chi connectivity index (χ4v) is 5.56. The van der Waals surface area contributed by atoms with Crippen molar-refractivity contribution >= 4 is 51.4 Å². The van der Waals surface area contributed by atoms with E-state index in [0.717, 1.165) is 16.9 Å². The summed E-state index contributed by atoms with van der Waals surface area (Å²) in [7, 11) is 4.33. The van der Waals surface area contributed by atoms with E-state index in [-0.39, 0.29) is 5.56 Å². The average Bonchev–Trinajstić information content (AvgIpc) is 2.88. The van der Waals surface area contributed by atoms with Crippen molar-refractivity contribution in [2.75, 3.05) is 24.7 Å². The first kappa shape index (κ1) is 25.5. The molecule has 1 aliphatic rings. The lowest BCUT2D eigenvalue weighted by atomic mass is 9.90. The molecule has 0 atom stereocenters. The van der Waals surface area contributed by atoms with Gasteiger partial charge in [-0.15, -0.1) is 0 Å². The number of para-hydroxylation sites is 1. The standard InChI is InChI=1S/C28H30Cl2N6O/c1-17-16-36(26-23(29)5-4-6-24(26)30)27(37)22-15-31-28(34-25(17)22)33-20-9-7-18(8-10-20)32-19-11-13-21(14-12-19)35(2)3/h4-10,15-16,19,21,32H,11-14H2,1-3H3,(H,31,33,34)/t19-,21-. The molecule has 4 aromatic rings. The molecule has 2 aromatic carbocycles. The number of hydrogen-bond donors (Lipinski definition) is 2. The second-order valence-electron chi connectivity index (χ2n) is 9.83. The van der Waals surface area contributed by atoms with Gasteiger partial charge in [0, 0.05) is 35.9 Å². The van der Waals surface area contributed by atoms with Crippen LogP contribution in [0.5, 0.6) is 0 Å². The van der Waals surface area contributed by atoms with Gasteiger partial charge in [0.1, 0.15) is 0 Å². The van der Waals surface area contributed by atoms with Crippen LogP contribution in [0.4, 0.5) is 17.3 Å². The molecule has 1 saturated carbocycles. The van der Waals surface area contributed by atoms with Crippen LogP contribution < -0.4 is 16.2 Å². The SMILES string of the molecule is Cc1cn(-c2c(Cl)cccc2Cl)c(=O)c2cnc(Nc3ccc(N[C@H]4CC[C@H](N(C)C)CC4)cc3)nc12. The normalized spacial score (nSPS) is 17.8. The third-order valence-corrected chi connectivity index (χ3v) is 7.66. The van der Waals surface area contributed by atoms with Crippen LogP contribution >= 0.6 is 23.2 Å². The Bertz CT molecular complexity index is 1460. The smallest absolute Gasteiger partial charge is 0.266 e. The van der Waals surface area contributed by atoms with Crippen LogP contribution in [0.3, 0.4) is 0 Å². The van der Waals surface area contributed by atoms with Gasteiger partial charge in [-0.3, -0.25) is 9.36 Å². The van der Waals surface area contributed by atoms with E-state index in [9.17, 15) is 4.79 Å². The summed E-state index contributed by atoms with van der Waals surface area (Å²) in [6.45, 7) is 1.90. The number of anilines is 3. The highest BCUT2D eigenvalue weighted by Crippen LogP contribution is 2.29. The minimum absolute atomic E-state index is 0.280. The maximum atomic E-state index is 13.2. The fourth-order valence-electron chi connectivity index (χ4n) is 4.98. The number of hydrogen-bond acceptors (Lipinski definition) is 6. The molecule has 37 heavy (non-hydrogen) atoms. The number of fused-ring (bicyclic) bond motifs is 1. The van der Waals surface area contributed by atoms with Crippen molar-refractivity contribution in [3.05, 3.63) is 80.8 Å². The van der Waals surface area contributed by atoms with Gasteiger partial charge in [-0.05, 0) is 88.7 Å². The maximum absolute atomic E-state index is 13.2. The zero-order chi connectivity index (χ0) is 26.1. The lowest BCUT2D eigenvalue weighted by Gasteiger charge is -2.33. The van der Waals surface area contributed by atoms with E-state index < -0.39 is 0 Å². The van der Waals surface area contributed by atoms with Gasteiger partial charge in [0.15, 0.2) is 0 Å². The molecule has 192 valence electrons. The number of nitrogens with one attached hydrogen (secondary N) is 2. The number of nitrogens with zero attached hydrogens (tertiary/aromatic N) is 4. The van der Waals surface area contributed by atoms with Crippen LogP contribution in [0.1, 0.15) is 31.2 Å². The summed E-state index contributed by atoms with van der Waals surface area (Å²) >= 11 is 12.7. The van der Waals surface area contributed by atoms with Crippen molar-refractivity contribution in [3.63, 3.8) is 0 Å². The van der Waals surface area contributed by atoms with E-state index in [0.29, 0.717) is 44.7 Å². The van der Waals surface area contributed by atoms with Crippen molar-refractivity contribution in [3.8, 4) is 5.69 Å². The number of rotatable bonds is 6. The van der Waals surface area contributed by atoms with Gasteiger partial charge in [-0.25, -0.2) is 9.97 Å². The number of aromatic nitrogens is 3. The van der Waals surface area contributed by atoms with Crippen LogP contribution in [0.2, 0.25) is 10.0 Å². The van der Waals surface area contributed by atoms with Gasteiger partial charge in [0.05, 0.1) is 26.6 Å². The minimum atomic E-state index is -0.280. The first-order valence-corrected chi connectivity index (χ1v) is 13.2. The van der Waals surface area contributed by atoms with E-state index in [1.54, 1.807) is 30.6 Å². The number of pyridine rings is 1. The third kappa shape index (κ3) is 5.44. The van der Waals surface area contributed by atoms with Gasteiger partial charge in [0.25, 0.3) is 5.56 Å². The Morgan fingerprint density at radius 1 is 0.973 bits per heavy atom. The Balaban J connectivity index is 1.32. The molecule has 0 spiro atoms.